The molecule has 0 aliphatic heterocycles. The molecule has 0 bridgehead atoms. The number of carbonyl (C=O) groups is 1. The second kappa shape index (κ2) is 10.2. The van der Waals surface area contributed by atoms with Crippen molar-refractivity contribution in [3.63, 3.8) is 0 Å². The Balaban J connectivity index is 1.35. The van der Waals surface area contributed by atoms with Gasteiger partial charge >= 0.3 is 11.6 Å². The van der Waals surface area contributed by atoms with Crippen LogP contribution in [0.15, 0.2) is 81.0 Å². The highest BCUT2D eigenvalue weighted by atomic mass is 35.5. The Morgan fingerprint density at radius 1 is 1.07 bits per heavy atom. The summed E-state index contributed by atoms with van der Waals surface area (Å²) in [6, 6.07) is 15.6. The van der Waals surface area contributed by atoms with Crippen LogP contribution in [0.2, 0.25) is 5.02 Å². The molecule has 10 heteroatoms. The van der Waals surface area contributed by atoms with Gasteiger partial charge < -0.3 is 14.1 Å². The summed E-state index contributed by atoms with van der Waals surface area (Å²) in [6.45, 7) is 1.85. The van der Waals surface area contributed by atoms with Gasteiger partial charge in [-0.05, 0) is 61.6 Å². The maximum absolute atomic E-state index is 13.6. The van der Waals surface area contributed by atoms with E-state index in [1.54, 1.807) is 24.4 Å². The molecule has 2 heterocycles. The minimum atomic E-state index is -4.08. The SMILES string of the molecule is Cc1ccc(S(=O)(=O)N[C@H](Cc2c[nH]c3ccccc23)C(=O)Oc2cc3oc(=O)c4c(c3cc2Cl)CCC4)cc1. The van der Waals surface area contributed by atoms with E-state index in [1.165, 1.54) is 18.2 Å². The third-order valence-corrected chi connectivity index (χ3v) is 9.03. The van der Waals surface area contributed by atoms with E-state index >= 15 is 0 Å². The molecular weight excluding hydrogens is 552 g/mol. The molecule has 40 heavy (non-hydrogen) atoms. The zero-order valence-electron chi connectivity index (χ0n) is 21.5. The predicted octanol–water partition coefficient (Wildman–Crippen LogP) is 5.22. The molecular formula is C30H25ClN2O6S. The van der Waals surface area contributed by atoms with E-state index in [2.05, 4.69) is 9.71 Å². The van der Waals surface area contributed by atoms with Gasteiger partial charge in [-0.15, -0.1) is 0 Å². The molecule has 3 aromatic carbocycles. The number of hydrogen-bond acceptors (Lipinski definition) is 6. The first kappa shape index (κ1) is 26.3. The molecule has 0 saturated heterocycles. The Labute approximate surface area is 235 Å². The first-order valence-corrected chi connectivity index (χ1v) is 14.7. The Morgan fingerprint density at radius 2 is 1.82 bits per heavy atom. The van der Waals surface area contributed by atoms with Crippen molar-refractivity contribution in [2.75, 3.05) is 0 Å². The lowest BCUT2D eigenvalue weighted by Crippen LogP contribution is -2.44. The minimum Gasteiger partial charge on any atom is -0.424 e. The van der Waals surface area contributed by atoms with Crippen molar-refractivity contribution < 1.29 is 22.4 Å². The van der Waals surface area contributed by atoms with E-state index < -0.39 is 27.7 Å². The van der Waals surface area contributed by atoms with Crippen molar-refractivity contribution >= 4 is 49.5 Å². The van der Waals surface area contributed by atoms with E-state index in [0.717, 1.165) is 40.4 Å². The number of ether oxygens (including phenoxy) is 1. The lowest BCUT2D eigenvalue weighted by Gasteiger charge is -2.18. The number of esters is 1. The lowest BCUT2D eigenvalue weighted by atomic mass is 10.1. The van der Waals surface area contributed by atoms with Gasteiger partial charge in [-0.2, -0.15) is 4.72 Å². The molecule has 1 atom stereocenters. The van der Waals surface area contributed by atoms with Crippen LogP contribution >= 0.6 is 11.6 Å². The maximum Gasteiger partial charge on any atom is 0.339 e. The van der Waals surface area contributed by atoms with E-state index in [1.807, 2.05) is 31.2 Å². The maximum atomic E-state index is 13.6. The van der Waals surface area contributed by atoms with Gasteiger partial charge in [-0.3, -0.25) is 0 Å². The Morgan fingerprint density at radius 3 is 2.62 bits per heavy atom. The molecule has 5 aromatic rings. The van der Waals surface area contributed by atoms with E-state index in [4.69, 9.17) is 20.8 Å². The largest absolute Gasteiger partial charge is 0.424 e. The number of H-pyrrole nitrogens is 1. The predicted molar refractivity (Wildman–Crippen MR) is 152 cm³/mol. The second-order valence-electron chi connectivity index (χ2n) is 9.95. The standard InChI is InChI=1S/C30H25ClN2O6S/c1-17-9-11-19(12-10-17)40(36,37)33-26(13-18-16-32-25-8-3-2-5-20(18)25)30(35)39-28-15-27-23(14-24(28)31)21-6-4-7-22(21)29(34)38-27/h2-3,5,8-12,14-16,26,32-33H,4,6-7,13H2,1H3/t26-/m1/s1. The van der Waals surface area contributed by atoms with Crippen LogP contribution in [0.25, 0.3) is 21.9 Å². The Bertz CT molecular complexity index is 1940. The van der Waals surface area contributed by atoms with Crippen LogP contribution in [0.4, 0.5) is 0 Å². The first-order valence-electron chi connectivity index (χ1n) is 12.8. The summed E-state index contributed by atoms with van der Waals surface area (Å²) in [4.78, 5) is 29.2. The fourth-order valence-corrected chi connectivity index (χ4v) is 6.59. The van der Waals surface area contributed by atoms with Crippen molar-refractivity contribution in [1.29, 1.82) is 0 Å². The first-order chi connectivity index (χ1) is 19.2. The van der Waals surface area contributed by atoms with E-state index in [9.17, 15) is 18.0 Å². The monoisotopic (exact) mass is 576 g/mol. The molecule has 0 amide bonds. The molecule has 2 aromatic heterocycles. The molecule has 204 valence electrons. The summed E-state index contributed by atoms with van der Waals surface area (Å²) in [5.41, 5.74) is 3.87. The minimum absolute atomic E-state index is 0.0156. The van der Waals surface area contributed by atoms with Gasteiger partial charge in [-0.1, -0.05) is 47.5 Å². The normalized spacial score (nSPS) is 13.9. The Hall–Kier alpha value is -3.92. The molecule has 0 unspecified atom stereocenters. The molecule has 1 aliphatic rings. The van der Waals surface area contributed by atoms with Crippen molar-refractivity contribution in [3.05, 3.63) is 105 Å². The molecule has 0 radical (unpaired) electrons. The van der Waals surface area contributed by atoms with Crippen molar-refractivity contribution in [2.45, 2.75) is 43.5 Å². The number of rotatable bonds is 7. The van der Waals surface area contributed by atoms with Gasteiger partial charge in [0.2, 0.25) is 10.0 Å². The second-order valence-corrected chi connectivity index (χ2v) is 12.1. The molecule has 0 spiro atoms. The fraction of sp³-hybridized carbons (Fsp3) is 0.200. The van der Waals surface area contributed by atoms with Crippen molar-refractivity contribution in [2.24, 2.45) is 0 Å². The van der Waals surface area contributed by atoms with Crippen LogP contribution in [0.5, 0.6) is 5.75 Å². The third kappa shape index (κ3) is 4.92. The number of sulfonamides is 1. The third-order valence-electron chi connectivity index (χ3n) is 7.25. The zero-order valence-corrected chi connectivity index (χ0v) is 23.1. The molecule has 8 nitrogen and oxygen atoms in total. The lowest BCUT2D eigenvalue weighted by molar-refractivity contribution is -0.136. The summed E-state index contributed by atoms with van der Waals surface area (Å²) in [7, 11) is -4.08. The summed E-state index contributed by atoms with van der Waals surface area (Å²) >= 11 is 6.52. The average Bonchev–Trinajstić information content (AvgIpc) is 3.58. The van der Waals surface area contributed by atoms with Crippen LogP contribution in [0.1, 0.15) is 28.7 Å². The van der Waals surface area contributed by atoms with Crippen LogP contribution in [-0.2, 0) is 34.1 Å². The number of halogens is 1. The van der Waals surface area contributed by atoms with Gasteiger partial charge in [0.05, 0.1) is 9.92 Å². The van der Waals surface area contributed by atoms with Crippen LogP contribution in [0.3, 0.4) is 0 Å². The molecule has 0 saturated carbocycles. The highest BCUT2D eigenvalue weighted by molar-refractivity contribution is 7.89. The summed E-state index contributed by atoms with van der Waals surface area (Å²) < 4.78 is 40.3. The van der Waals surface area contributed by atoms with Gasteiger partial charge in [0.1, 0.15) is 11.6 Å². The van der Waals surface area contributed by atoms with Crippen LogP contribution in [-0.4, -0.2) is 25.4 Å². The number of carbonyl (C=O) groups excluding carboxylic acids is 1. The molecule has 2 N–H and O–H groups in total. The number of aryl methyl sites for hydroxylation is 2. The van der Waals surface area contributed by atoms with Gasteiger partial charge in [0, 0.05) is 40.5 Å². The Kier molecular flexibility index (Phi) is 6.74. The van der Waals surface area contributed by atoms with Crippen LogP contribution in [0, 0.1) is 6.92 Å². The van der Waals surface area contributed by atoms with E-state index in [0.29, 0.717) is 17.4 Å². The van der Waals surface area contributed by atoms with Gasteiger partial charge in [0.25, 0.3) is 0 Å². The summed E-state index contributed by atoms with van der Waals surface area (Å²) in [5.74, 6) is -0.885. The zero-order chi connectivity index (χ0) is 28.0. The number of nitrogens with one attached hydrogen (secondary N) is 2. The van der Waals surface area contributed by atoms with E-state index in [-0.39, 0.29) is 27.7 Å². The average molecular weight is 577 g/mol. The number of benzene rings is 3. The summed E-state index contributed by atoms with van der Waals surface area (Å²) in [5, 5.41) is 1.71. The quantitative estimate of drug-likeness (QED) is 0.156. The van der Waals surface area contributed by atoms with Crippen molar-refractivity contribution in [1.82, 2.24) is 9.71 Å². The van der Waals surface area contributed by atoms with Crippen molar-refractivity contribution in [3.8, 4) is 5.75 Å². The van der Waals surface area contributed by atoms with Crippen LogP contribution < -0.4 is 15.1 Å². The number of fused-ring (bicyclic) bond motifs is 4. The molecule has 6 rings (SSSR count). The smallest absolute Gasteiger partial charge is 0.339 e. The number of aromatic nitrogens is 1. The highest BCUT2D eigenvalue weighted by Crippen LogP contribution is 2.35. The van der Waals surface area contributed by atoms with Gasteiger partial charge in [0.15, 0.2) is 5.75 Å². The molecule has 0 fully saturated rings. The number of aromatic amines is 1. The van der Waals surface area contributed by atoms with Gasteiger partial charge in [-0.25, -0.2) is 18.0 Å². The molecule has 1 aliphatic carbocycles. The highest BCUT2D eigenvalue weighted by Gasteiger charge is 2.30. The summed E-state index contributed by atoms with van der Waals surface area (Å²) in [6.07, 6.45) is 3.99. The number of para-hydroxylation sites is 1. The number of hydrogen-bond donors (Lipinski definition) is 2. The fourth-order valence-electron chi connectivity index (χ4n) is 5.21. The topological polar surface area (TPSA) is 118 Å².